The lowest BCUT2D eigenvalue weighted by molar-refractivity contribution is 0.0238. The number of hydrogen-bond acceptors (Lipinski definition) is 7. The molecule has 10 heteroatoms. The van der Waals surface area contributed by atoms with Crippen LogP contribution in [0.1, 0.15) is 6.42 Å². The van der Waals surface area contributed by atoms with Crippen LogP contribution in [0, 0.1) is 0 Å². The third kappa shape index (κ3) is 3.86. The number of aliphatic hydroxyl groups is 1. The summed E-state index contributed by atoms with van der Waals surface area (Å²) in [4.78, 5) is 1.70. The zero-order valence-electron chi connectivity index (χ0n) is 10.4. The van der Waals surface area contributed by atoms with Crippen molar-refractivity contribution >= 4 is 19.9 Å². The van der Waals surface area contributed by atoms with Gasteiger partial charge in [0.05, 0.1) is 16.8 Å². The van der Waals surface area contributed by atoms with Crippen LogP contribution in [0.4, 0.5) is 0 Å². The first-order valence-electron chi connectivity index (χ1n) is 6.14. The molecule has 2 heterocycles. The molecule has 0 unspecified atom stereocenters. The van der Waals surface area contributed by atoms with Gasteiger partial charge in [-0.2, -0.15) is 0 Å². The van der Waals surface area contributed by atoms with Crippen molar-refractivity contribution in [3.63, 3.8) is 0 Å². The van der Waals surface area contributed by atoms with E-state index in [0.29, 0.717) is 19.6 Å². The predicted molar refractivity (Wildman–Crippen MR) is 69.6 cm³/mol. The normalized spacial score (nSPS) is 31.8. The number of nitrogens with zero attached hydrogens (tertiary/aromatic N) is 1. The molecule has 2 fully saturated rings. The molecular weight excluding hydrogens is 294 g/mol. The first-order chi connectivity index (χ1) is 8.80. The highest BCUT2D eigenvalue weighted by Crippen LogP contribution is 2.17. The molecule has 2 aliphatic rings. The molecular formula is C9H19N3O5S2. The fraction of sp³-hybridized carbons (Fsp3) is 1.00. The van der Waals surface area contributed by atoms with Gasteiger partial charge in [-0.15, -0.1) is 0 Å². The first kappa shape index (κ1) is 15.1. The maximum atomic E-state index is 11.9. The molecule has 0 saturated carbocycles. The molecule has 112 valence electrons. The molecule has 0 aliphatic carbocycles. The number of aliphatic hydroxyl groups excluding tert-OH is 1. The van der Waals surface area contributed by atoms with E-state index < -0.39 is 31.5 Å². The minimum absolute atomic E-state index is 0.0622. The monoisotopic (exact) mass is 313 g/mol. The maximum absolute atomic E-state index is 11.9. The molecule has 2 saturated heterocycles. The smallest absolute Gasteiger partial charge is 0.215 e. The zero-order valence-corrected chi connectivity index (χ0v) is 12.1. The minimum Gasteiger partial charge on any atom is -0.365 e. The van der Waals surface area contributed by atoms with Crippen LogP contribution in [-0.2, 0) is 19.9 Å². The number of sulfonamides is 1. The summed E-state index contributed by atoms with van der Waals surface area (Å²) in [5, 5.41) is 11.4. The Hall–Kier alpha value is -0.260. The van der Waals surface area contributed by atoms with Gasteiger partial charge in [0.1, 0.15) is 0 Å². The van der Waals surface area contributed by atoms with E-state index in [4.69, 9.17) is 0 Å². The molecule has 3 N–H and O–H groups in total. The lowest BCUT2D eigenvalue weighted by atomic mass is 10.4. The largest absolute Gasteiger partial charge is 0.365 e. The highest BCUT2D eigenvalue weighted by molar-refractivity contribution is 7.95. The number of hydrogen-bond donors (Lipinski definition) is 3. The van der Waals surface area contributed by atoms with Crippen molar-refractivity contribution in [1.29, 1.82) is 0 Å². The van der Waals surface area contributed by atoms with Crippen molar-refractivity contribution in [2.45, 2.75) is 18.0 Å². The molecule has 0 aromatic heterocycles. The standard InChI is InChI=1S/C9H19N3O5S2/c13-9-10-2-4-12(9)5-3-11-19(16,17)8-1-6-18(14,15)7-8/h8-11,13H,1-7H2/t8-,9-/m1/s1. The molecule has 8 nitrogen and oxygen atoms in total. The van der Waals surface area contributed by atoms with Crippen LogP contribution in [0.2, 0.25) is 0 Å². The SMILES string of the molecule is O=S1(=O)CC[C@@H](S(=O)(=O)NCCN2CCN[C@H]2O)C1. The molecule has 2 aliphatic heterocycles. The molecule has 0 amide bonds. The fourth-order valence-corrected chi connectivity index (χ4v) is 6.35. The third-order valence-electron chi connectivity index (χ3n) is 3.40. The van der Waals surface area contributed by atoms with Crippen molar-refractivity contribution < 1.29 is 21.9 Å². The zero-order chi connectivity index (χ0) is 14.1. The summed E-state index contributed by atoms with van der Waals surface area (Å²) >= 11 is 0. The van der Waals surface area contributed by atoms with E-state index in [1.807, 2.05) is 0 Å². The van der Waals surface area contributed by atoms with Gasteiger partial charge in [0.25, 0.3) is 0 Å². The second kappa shape index (κ2) is 5.62. The van der Waals surface area contributed by atoms with E-state index in [1.165, 1.54) is 0 Å². The predicted octanol–water partition coefficient (Wildman–Crippen LogP) is -2.73. The first-order valence-corrected chi connectivity index (χ1v) is 9.51. The maximum Gasteiger partial charge on any atom is 0.215 e. The van der Waals surface area contributed by atoms with Gasteiger partial charge in [0, 0.05) is 26.2 Å². The number of nitrogens with one attached hydrogen (secondary N) is 2. The Bertz CT molecular complexity index is 518. The second-order valence-corrected chi connectivity index (χ2v) is 9.10. The summed E-state index contributed by atoms with van der Waals surface area (Å²) in [5.74, 6) is -0.358. The highest BCUT2D eigenvalue weighted by Gasteiger charge is 2.37. The Morgan fingerprint density at radius 2 is 2.16 bits per heavy atom. The second-order valence-electron chi connectivity index (χ2n) is 4.83. The average molecular weight is 313 g/mol. The molecule has 0 spiro atoms. The quantitative estimate of drug-likeness (QED) is 0.505. The molecule has 2 rings (SSSR count). The number of rotatable bonds is 5. The summed E-state index contributed by atoms with van der Waals surface area (Å²) < 4.78 is 48.8. The molecule has 2 atom stereocenters. The van der Waals surface area contributed by atoms with Crippen LogP contribution in [-0.4, -0.2) is 76.1 Å². The van der Waals surface area contributed by atoms with Gasteiger partial charge < -0.3 is 5.11 Å². The van der Waals surface area contributed by atoms with Crippen molar-refractivity contribution in [1.82, 2.24) is 14.9 Å². The van der Waals surface area contributed by atoms with Gasteiger partial charge in [-0.1, -0.05) is 0 Å². The summed E-state index contributed by atoms with van der Waals surface area (Å²) in [7, 11) is -6.81. The Balaban J connectivity index is 1.82. The van der Waals surface area contributed by atoms with E-state index >= 15 is 0 Å². The Morgan fingerprint density at radius 3 is 2.68 bits per heavy atom. The number of sulfone groups is 1. The van der Waals surface area contributed by atoms with E-state index in [2.05, 4.69) is 10.0 Å². The van der Waals surface area contributed by atoms with Crippen LogP contribution >= 0.6 is 0 Å². The summed E-state index contributed by atoms with van der Waals surface area (Å²) in [5.41, 5.74) is 0. The Labute approximate surface area is 113 Å². The summed E-state index contributed by atoms with van der Waals surface area (Å²) in [6, 6.07) is 0. The summed E-state index contributed by atoms with van der Waals surface area (Å²) in [6.45, 7) is 1.86. The van der Waals surface area contributed by atoms with Gasteiger partial charge >= 0.3 is 0 Å². The molecule has 0 bridgehead atoms. The molecule has 19 heavy (non-hydrogen) atoms. The van der Waals surface area contributed by atoms with Crippen molar-refractivity contribution in [2.75, 3.05) is 37.7 Å². The van der Waals surface area contributed by atoms with Crippen molar-refractivity contribution in [3.8, 4) is 0 Å². The minimum atomic E-state index is -3.60. The van der Waals surface area contributed by atoms with Crippen LogP contribution in [0.25, 0.3) is 0 Å². The van der Waals surface area contributed by atoms with E-state index in [1.54, 1.807) is 4.90 Å². The fourth-order valence-electron chi connectivity index (χ4n) is 2.28. The third-order valence-corrected chi connectivity index (χ3v) is 7.27. The van der Waals surface area contributed by atoms with E-state index in [0.717, 1.165) is 0 Å². The van der Waals surface area contributed by atoms with E-state index in [9.17, 15) is 21.9 Å². The van der Waals surface area contributed by atoms with Crippen LogP contribution in [0.3, 0.4) is 0 Å². The lowest BCUT2D eigenvalue weighted by Crippen LogP contribution is -2.42. The van der Waals surface area contributed by atoms with Crippen LogP contribution < -0.4 is 10.0 Å². The topological polar surface area (TPSA) is 116 Å². The summed E-state index contributed by atoms with van der Waals surface area (Å²) in [6.07, 6.45) is -0.581. The van der Waals surface area contributed by atoms with Crippen molar-refractivity contribution in [3.05, 3.63) is 0 Å². The molecule has 0 aromatic carbocycles. The lowest BCUT2D eigenvalue weighted by Gasteiger charge is -2.19. The average Bonchev–Trinajstić information content (AvgIpc) is 2.86. The van der Waals surface area contributed by atoms with Gasteiger partial charge in [-0.3, -0.25) is 10.2 Å². The Morgan fingerprint density at radius 1 is 1.42 bits per heavy atom. The van der Waals surface area contributed by atoms with Crippen LogP contribution in [0.5, 0.6) is 0 Å². The van der Waals surface area contributed by atoms with Gasteiger partial charge in [-0.05, 0) is 6.42 Å². The van der Waals surface area contributed by atoms with Gasteiger partial charge in [-0.25, -0.2) is 21.6 Å². The van der Waals surface area contributed by atoms with E-state index in [-0.39, 0.29) is 24.5 Å². The molecule has 0 aromatic rings. The highest BCUT2D eigenvalue weighted by atomic mass is 32.2. The van der Waals surface area contributed by atoms with Crippen molar-refractivity contribution in [2.24, 2.45) is 0 Å². The van der Waals surface area contributed by atoms with Crippen LogP contribution in [0.15, 0.2) is 0 Å². The van der Waals surface area contributed by atoms with Gasteiger partial charge in [0.2, 0.25) is 10.0 Å². The molecule has 0 radical (unpaired) electrons. The van der Waals surface area contributed by atoms with Gasteiger partial charge in [0.15, 0.2) is 16.2 Å². The Kier molecular flexibility index (Phi) is 4.48.